The average molecular weight is 225 g/mol. The number of hydrogen-bond acceptors (Lipinski definition) is 4. The summed E-state index contributed by atoms with van der Waals surface area (Å²) in [4.78, 5) is 15.6. The lowest BCUT2D eigenvalue weighted by atomic mass is 10.1. The van der Waals surface area contributed by atoms with Crippen LogP contribution in [0.1, 0.15) is 39.6 Å². The Bertz CT molecular complexity index is 364. The molecule has 6 nitrogen and oxygen atoms in total. The molecule has 0 aliphatic carbocycles. The first-order chi connectivity index (χ1) is 7.28. The van der Waals surface area contributed by atoms with E-state index in [2.05, 4.69) is 15.4 Å². The molecule has 0 saturated carbocycles. The van der Waals surface area contributed by atoms with Gasteiger partial charge in [-0.05, 0) is 27.7 Å². The molecule has 1 aromatic rings. The predicted molar refractivity (Wildman–Crippen MR) is 60.5 cm³/mol. The number of aromatic nitrogens is 3. The normalized spacial score (nSPS) is 13.6. The molecule has 90 valence electrons. The van der Waals surface area contributed by atoms with Gasteiger partial charge in [0.25, 0.3) is 0 Å². The third kappa shape index (κ3) is 3.98. The van der Waals surface area contributed by atoms with Gasteiger partial charge in [-0.2, -0.15) is 5.10 Å². The van der Waals surface area contributed by atoms with Crippen molar-refractivity contribution < 1.29 is 4.79 Å². The molecule has 1 atom stereocenters. The van der Waals surface area contributed by atoms with E-state index >= 15 is 0 Å². The summed E-state index contributed by atoms with van der Waals surface area (Å²) in [7, 11) is 0. The van der Waals surface area contributed by atoms with Crippen molar-refractivity contribution in [3.8, 4) is 0 Å². The Morgan fingerprint density at radius 2 is 2.25 bits per heavy atom. The first kappa shape index (κ1) is 12.6. The number of rotatable bonds is 3. The maximum Gasteiger partial charge on any atom is 0.242 e. The maximum atomic E-state index is 11.6. The lowest BCUT2D eigenvalue weighted by Gasteiger charge is -2.20. The molecule has 1 unspecified atom stereocenters. The maximum absolute atomic E-state index is 11.6. The summed E-state index contributed by atoms with van der Waals surface area (Å²) < 4.78 is 1.49. The van der Waals surface area contributed by atoms with Gasteiger partial charge in [-0.3, -0.25) is 4.79 Å². The van der Waals surface area contributed by atoms with E-state index in [1.54, 1.807) is 6.92 Å². The summed E-state index contributed by atoms with van der Waals surface area (Å²) in [5.74, 6) is 0.456. The van der Waals surface area contributed by atoms with Crippen LogP contribution in [0.3, 0.4) is 0 Å². The van der Waals surface area contributed by atoms with Crippen molar-refractivity contribution >= 4 is 5.91 Å². The zero-order valence-electron chi connectivity index (χ0n) is 10.2. The van der Waals surface area contributed by atoms with Gasteiger partial charge in [0.15, 0.2) is 5.82 Å². The van der Waals surface area contributed by atoms with Crippen LogP contribution >= 0.6 is 0 Å². The number of nitrogens with one attached hydrogen (secondary N) is 1. The zero-order valence-corrected chi connectivity index (χ0v) is 10.2. The summed E-state index contributed by atoms with van der Waals surface area (Å²) in [5, 5.41) is 6.95. The van der Waals surface area contributed by atoms with Crippen LogP contribution in [0.15, 0.2) is 6.33 Å². The molecule has 16 heavy (non-hydrogen) atoms. The third-order valence-electron chi connectivity index (χ3n) is 1.78. The van der Waals surface area contributed by atoms with Gasteiger partial charge >= 0.3 is 0 Å². The molecule has 1 rings (SSSR count). The van der Waals surface area contributed by atoms with Crippen LogP contribution in [0, 0.1) is 0 Å². The second kappa shape index (κ2) is 4.61. The van der Waals surface area contributed by atoms with Gasteiger partial charge < -0.3 is 11.1 Å². The van der Waals surface area contributed by atoms with E-state index < -0.39 is 0 Å². The lowest BCUT2D eigenvalue weighted by molar-refractivity contribution is -0.123. The van der Waals surface area contributed by atoms with Crippen LogP contribution in [0.5, 0.6) is 0 Å². The highest BCUT2D eigenvalue weighted by atomic mass is 16.2. The number of carbonyl (C=O) groups excluding carboxylic acids is 1. The molecule has 0 bridgehead atoms. The van der Waals surface area contributed by atoms with Gasteiger partial charge in [0.05, 0.1) is 6.04 Å². The largest absolute Gasteiger partial charge is 0.350 e. The Balaban J connectivity index is 2.57. The van der Waals surface area contributed by atoms with Gasteiger partial charge in [0.1, 0.15) is 12.9 Å². The minimum Gasteiger partial charge on any atom is -0.350 e. The molecule has 1 aromatic heterocycles. The highest BCUT2D eigenvalue weighted by Gasteiger charge is 2.14. The molecule has 0 aromatic carbocycles. The quantitative estimate of drug-likeness (QED) is 0.770. The third-order valence-corrected chi connectivity index (χ3v) is 1.78. The molecule has 6 heteroatoms. The standard InChI is InChI=1S/C10H19N5O/c1-7(11)9-12-6-15(14-9)5-8(16)13-10(2,3)4/h6-7H,5,11H2,1-4H3,(H,13,16). The van der Waals surface area contributed by atoms with Crippen molar-refractivity contribution in [3.05, 3.63) is 12.2 Å². The van der Waals surface area contributed by atoms with Crippen LogP contribution in [-0.4, -0.2) is 26.2 Å². The van der Waals surface area contributed by atoms with Crippen LogP contribution in [-0.2, 0) is 11.3 Å². The fourth-order valence-electron chi connectivity index (χ4n) is 1.20. The number of nitrogens with zero attached hydrogens (tertiary/aromatic N) is 3. The Hall–Kier alpha value is -1.43. The summed E-state index contributed by atoms with van der Waals surface area (Å²) in [6.45, 7) is 7.75. The highest BCUT2D eigenvalue weighted by molar-refractivity contribution is 5.76. The Kier molecular flexibility index (Phi) is 3.64. The van der Waals surface area contributed by atoms with Crippen molar-refractivity contribution in [1.29, 1.82) is 0 Å². The van der Waals surface area contributed by atoms with Crippen molar-refractivity contribution in [2.75, 3.05) is 0 Å². The summed E-state index contributed by atoms with van der Waals surface area (Å²) in [5.41, 5.74) is 5.39. The Morgan fingerprint density at radius 3 is 2.69 bits per heavy atom. The van der Waals surface area contributed by atoms with Gasteiger partial charge in [-0.25, -0.2) is 9.67 Å². The van der Waals surface area contributed by atoms with Crippen LogP contribution < -0.4 is 11.1 Å². The van der Waals surface area contributed by atoms with Gasteiger partial charge in [0.2, 0.25) is 5.91 Å². The average Bonchev–Trinajstić information content (AvgIpc) is 2.48. The number of hydrogen-bond donors (Lipinski definition) is 2. The minimum atomic E-state index is -0.234. The van der Waals surface area contributed by atoms with Crippen molar-refractivity contribution in [2.45, 2.75) is 45.8 Å². The molecule has 0 spiro atoms. The first-order valence-corrected chi connectivity index (χ1v) is 5.24. The van der Waals surface area contributed by atoms with Gasteiger partial charge in [-0.15, -0.1) is 0 Å². The molecule has 0 saturated heterocycles. The summed E-state index contributed by atoms with van der Waals surface area (Å²) in [6, 6.07) is -0.216. The van der Waals surface area contributed by atoms with Gasteiger partial charge in [0, 0.05) is 5.54 Å². The Labute approximate surface area is 95.2 Å². The SMILES string of the molecule is CC(N)c1ncn(CC(=O)NC(C)(C)C)n1. The first-order valence-electron chi connectivity index (χ1n) is 5.24. The lowest BCUT2D eigenvalue weighted by Crippen LogP contribution is -2.42. The van der Waals surface area contributed by atoms with Crippen LogP contribution in [0.2, 0.25) is 0 Å². The summed E-state index contributed by atoms with van der Waals surface area (Å²) in [6.07, 6.45) is 1.51. The number of nitrogens with two attached hydrogens (primary N) is 1. The van der Waals surface area contributed by atoms with E-state index in [4.69, 9.17) is 5.73 Å². The Morgan fingerprint density at radius 1 is 1.62 bits per heavy atom. The molecule has 0 radical (unpaired) electrons. The molecular formula is C10H19N5O. The van der Waals surface area contributed by atoms with Crippen LogP contribution in [0.4, 0.5) is 0 Å². The van der Waals surface area contributed by atoms with E-state index in [9.17, 15) is 4.79 Å². The molecular weight excluding hydrogens is 206 g/mol. The molecule has 0 aliphatic rings. The van der Waals surface area contributed by atoms with Gasteiger partial charge in [-0.1, -0.05) is 0 Å². The molecule has 0 aliphatic heterocycles. The van der Waals surface area contributed by atoms with Crippen molar-refractivity contribution in [3.63, 3.8) is 0 Å². The number of amides is 1. The summed E-state index contributed by atoms with van der Waals surface area (Å²) >= 11 is 0. The molecule has 3 N–H and O–H groups in total. The number of carbonyl (C=O) groups is 1. The van der Waals surface area contributed by atoms with Crippen LogP contribution in [0.25, 0.3) is 0 Å². The topological polar surface area (TPSA) is 85.8 Å². The van der Waals surface area contributed by atoms with E-state index in [-0.39, 0.29) is 24.0 Å². The molecule has 1 heterocycles. The van der Waals surface area contributed by atoms with E-state index in [0.29, 0.717) is 5.82 Å². The second-order valence-corrected chi connectivity index (χ2v) is 4.89. The minimum absolute atomic E-state index is 0.0892. The van der Waals surface area contributed by atoms with E-state index in [0.717, 1.165) is 0 Å². The molecule has 1 amide bonds. The predicted octanol–water partition coefficient (Wildman–Crippen LogP) is 0.213. The zero-order chi connectivity index (χ0) is 12.3. The van der Waals surface area contributed by atoms with Crippen molar-refractivity contribution in [2.24, 2.45) is 5.73 Å². The van der Waals surface area contributed by atoms with E-state index in [1.807, 2.05) is 20.8 Å². The fraction of sp³-hybridized carbons (Fsp3) is 0.700. The smallest absolute Gasteiger partial charge is 0.242 e. The highest BCUT2D eigenvalue weighted by Crippen LogP contribution is 2.01. The molecule has 0 fully saturated rings. The second-order valence-electron chi connectivity index (χ2n) is 4.89. The monoisotopic (exact) mass is 225 g/mol. The fourth-order valence-corrected chi connectivity index (χ4v) is 1.20. The van der Waals surface area contributed by atoms with E-state index in [1.165, 1.54) is 11.0 Å². The van der Waals surface area contributed by atoms with Crippen molar-refractivity contribution in [1.82, 2.24) is 20.1 Å².